The molecule has 1 aliphatic rings. The number of hydrogen-bond donors (Lipinski definition) is 2. The highest BCUT2D eigenvalue weighted by molar-refractivity contribution is 5.80. The zero-order valence-electron chi connectivity index (χ0n) is 20.1. The highest BCUT2D eigenvalue weighted by Gasteiger charge is 2.19. The standard InChI is InChI=1S/C26H26N8O2/c1-27-21-17-29-26(32-24(21)31-20-7-5-4-6-19(20)25-28-10-15-36-25)30-18-8-9-23(35-3)22(16-18)34-13-11-33(2)12-14-34/h4-10,15-17H,11-14H2,2-3H3,(H2,29,30,31,32). The van der Waals surface area contributed by atoms with Crippen molar-refractivity contribution in [2.24, 2.45) is 0 Å². The first-order valence-electron chi connectivity index (χ1n) is 11.5. The molecule has 0 unspecified atom stereocenters. The molecule has 2 N–H and O–H groups in total. The summed E-state index contributed by atoms with van der Waals surface area (Å²) >= 11 is 0. The summed E-state index contributed by atoms with van der Waals surface area (Å²) in [6, 6.07) is 13.5. The monoisotopic (exact) mass is 482 g/mol. The minimum absolute atomic E-state index is 0.301. The number of ether oxygens (including phenoxy) is 1. The van der Waals surface area contributed by atoms with Crippen LogP contribution in [0.1, 0.15) is 0 Å². The number of aromatic nitrogens is 3. The van der Waals surface area contributed by atoms with E-state index >= 15 is 0 Å². The van der Waals surface area contributed by atoms with Crippen LogP contribution in [0.25, 0.3) is 16.3 Å². The fourth-order valence-corrected chi connectivity index (χ4v) is 4.06. The predicted molar refractivity (Wildman–Crippen MR) is 140 cm³/mol. The van der Waals surface area contributed by atoms with Crippen LogP contribution in [0, 0.1) is 6.57 Å². The van der Waals surface area contributed by atoms with Gasteiger partial charge in [-0.2, -0.15) is 0 Å². The molecule has 3 heterocycles. The molecule has 1 aliphatic heterocycles. The van der Waals surface area contributed by atoms with Crippen LogP contribution in [-0.4, -0.2) is 60.2 Å². The van der Waals surface area contributed by atoms with E-state index in [0.29, 0.717) is 23.3 Å². The van der Waals surface area contributed by atoms with E-state index in [-0.39, 0.29) is 0 Å². The highest BCUT2D eigenvalue weighted by Crippen LogP contribution is 2.35. The van der Waals surface area contributed by atoms with Crippen LogP contribution in [0.4, 0.5) is 34.5 Å². The first-order chi connectivity index (χ1) is 17.6. The largest absolute Gasteiger partial charge is 0.495 e. The maximum Gasteiger partial charge on any atom is 0.246 e. The smallest absolute Gasteiger partial charge is 0.246 e. The third-order valence-corrected chi connectivity index (χ3v) is 6.01. The fourth-order valence-electron chi connectivity index (χ4n) is 4.06. The van der Waals surface area contributed by atoms with Gasteiger partial charge >= 0.3 is 0 Å². The van der Waals surface area contributed by atoms with Gasteiger partial charge in [-0.05, 0) is 37.4 Å². The summed E-state index contributed by atoms with van der Waals surface area (Å²) in [5, 5.41) is 6.53. The number of nitrogens with zero attached hydrogens (tertiary/aromatic N) is 6. The van der Waals surface area contributed by atoms with Gasteiger partial charge in [0.1, 0.15) is 17.8 Å². The molecule has 0 atom stereocenters. The maximum absolute atomic E-state index is 7.57. The van der Waals surface area contributed by atoms with Crippen LogP contribution in [0.15, 0.2) is 65.5 Å². The summed E-state index contributed by atoms with van der Waals surface area (Å²) in [4.78, 5) is 21.4. The predicted octanol–water partition coefficient (Wildman–Crippen LogP) is 4.93. The molecular weight excluding hydrogens is 456 g/mol. The highest BCUT2D eigenvalue weighted by atomic mass is 16.5. The number of methoxy groups -OCH3 is 1. The molecule has 5 rings (SSSR count). The van der Waals surface area contributed by atoms with Crippen LogP contribution >= 0.6 is 0 Å². The summed E-state index contributed by atoms with van der Waals surface area (Å²) in [5.74, 6) is 2.05. The minimum atomic E-state index is 0.301. The number of rotatable bonds is 7. The Kier molecular flexibility index (Phi) is 6.64. The van der Waals surface area contributed by atoms with Crippen molar-refractivity contribution in [3.63, 3.8) is 0 Å². The van der Waals surface area contributed by atoms with Crippen LogP contribution in [0.3, 0.4) is 0 Å². The second kappa shape index (κ2) is 10.3. The molecule has 2 aromatic carbocycles. The van der Waals surface area contributed by atoms with Gasteiger partial charge in [0.05, 0.1) is 36.8 Å². The van der Waals surface area contributed by atoms with Crippen LogP contribution < -0.4 is 20.3 Å². The van der Waals surface area contributed by atoms with Crippen molar-refractivity contribution >= 4 is 34.5 Å². The van der Waals surface area contributed by atoms with Gasteiger partial charge < -0.3 is 29.6 Å². The topological polar surface area (TPSA) is 95.9 Å². The first-order valence-corrected chi connectivity index (χ1v) is 11.5. The zero-order chi connectivity index (χ0) is 24.9. The quantitative estimate of drug-likeness (QED) is 0.355. The van der Waals surface area contributed by atoms with E-state index in [1.54, 1.807) is 13.3 Å². The second-order valence-corrected chi connectivity index (χ2v) is 8.35. The number of nitrogens with one attached hydrogen (secondary N) is 2. The Morgan fingerprint density at radius 2 is 1.89 bits per heavy atom. The molecule has 0 bridgehead atoms. The Morgan fingerprint density at radius 1 is 1.06 bits per heavy atom. The van der Waals surface area contributed by atoms with Gasteiger partial charge in [-0.15, -0.1) is 0 Å². The lowest BCUT2D eigenvalue weighted by molar-refractivity contribution is 0.311. The Morgan fingerprint density at radius 3 is 2.64 bits per heavy atom. The van der Waals surface area contributed by atoms with Crippen molar-refractivity contribution in [1.82, 2.24) is 19.9 Å². The van der Waals surface area contributed by atoms with Gasteiger partial charge in [-0.1, -0.05) is 12.1 Å². The molecule has 2 aromatic heterocycles. The molecule has 1 saturated heterocycles. The van der Waals surface area contributed by atoms with Gasteiger partial charge in [0.15, 0.2) is 0 Å². The number of likely N-dealkylation sites (N-methyl/N-ethyl adjacent to an activating group) is 1. The minimum Gasteiger partial charge on any atom is -0.495 e. The molecular formula is C26H26N8O2. The van der Waals surface area contributed by atoms with E-state index in [0.717, 1.165) is 54.6 Å². The zero-order valence-corrected chi connectivity index (χ0v) is 20.1. The summed E-state index contributed by atoms with van der Waals surface area (Å²) in [5.41, 5.74) is 3.63. The van der Waals surface area contributed by atoms with Gasteiger partial charge in [0, 0.05) is 38.1 Å². The Hall–Kier alpha value is -4.62. The average Bonchev–Trinajstić information content (AvgIpc) is 3.45. The number of oxazole rings is 1. The van der Waals surface area contributed by atoms with Crippen molar-refractivity contribution in [2.45, 2.75) is 0 Å². The van der Waals surface area contributed by atoms with Crippen molar-refractivity contribution in [3.8, 4) is 17.2 Å². The maximum atomic E-state index is 7.57. The van der Waals surface area contributed by atoms with E-state index in [2.05, 4.69) is 47.3 Å². The lowest BCUT2D eigenvalue weighted by Gasteiger charge is -2.34. The van der Waals surface area contributed by atoms with Crippen molar-refractivity contribution in [1.29, 1.82) is 0 Å². The Balaban J connectivity index is 1.42. The third kappa shape index (κ3) is 4.92. The molecule has 182 valence electrons. The van der Waals surface area contributed by atoms with Crippen molar-refractivity contribution in [2.75, 3.05) is 55.9 Å². The average molecular weight is 483 g/mol. The number of para-hydroxylation sites is 1. The summed E-state index contributed by atoms with van der Waals surface area (Å²) < 4.78 is 11.1. The molecule has 4 aromatic rings. The van der Waals surface area contributed by atoms with Gasteiger partial charge in [0.25, 0.3) is 0 Å². The number of piperazine rings is 1. The number of benzene rings is 2. The number of hydrogen-bond acceptors (Lipinski definition) is 9. The fraction of sp³-hybridized carbons (Fsp3) is 0.231. The molecule has 0 spiro atoms. The summed E-state index contributed by atoms with van der Waals surface area (Å²) in [6.45, 7) is 11.4. The molecule has 10 heteroatoms. The molecule has 0 radical (unpaired) electrons. The SMILES string of the molecule is [C-]#[N+]c1cnc(Nc2ccc(OC)c(N3CCN(C)CC3)c2)nc1Nc1ccccc1-c1ncco1. The van der Waals surface area contributed by atoms with Crippen LogP contribution in [0.2, 0.25) is 0 Å². The first kappa shape index (κ1) is 23.1. The second-order valence-electron chi connectivity index (χ2n) is 8.35. The lowest BCUT2D eigenvalue weighted by Crippen LogP contribution is -2.44. The normalized spacial score (nSPS) is 13.8. The van der Waals surface area contributed by atoms with E-state index in [1.165, 1.54) is 12.5 Å². The molecule has 1 fully saturated rings. The van der Waals surface area contributed by atoms with E-state index in [1.807, 2.05) is 42.5 Å². The molecule has 0 saturated carbocycles. The lowest BCUT2D eigenvalue weighted by atomic mass is 10.1. The van der Waals surface area contributed by atoms with E-state index < -0.39 is 0 Å². The van der Waals surface area contributed by atoms with E-state index in [4.69, 9.17) is 15.7 Å². The van der Waals surface area contributed by atoms with Crippen molar-refractivity contribution < 1.29 is 9.15 Å². The van der Waals surface area contributed by atoms with Gasteiger partial charge in [-0.25, -0.2) is 19.8 Å². The number of anilines is 5. The Bertz CT molecular complexity index is 1380. The summed E-state index contributed by atoms with van der Waals surface area (Å²) in [6.07, 6.45) is 4.62. The molecule has 0 aliphatic carbocycles. The van der Waals surface area contributed by atoms with Gasteiger partial charge in [0.2, 0.25) is 17.5 Å². The third-order valence-electron chi connectivity index (χ3n) is 6.01. The van der Waals surface area contributed by atoms with Crippen LogP contribution in [-0.2, 0) is 0 Å². The van der Waals surface area contributed by atoms with Crippen molar-refractivity contribution in [3.05, 3.63) is 72.5 Å². The van der Waals surface area contributed by atoms with E-state index in [9.17, 15) is 0 Å². The van der Waals surface area contributed by atoms with Crippen LogP contribution in [0.5, 0.6) is 5.75 Å². The molecule has 10 nitrogen and oxygen atoms in total. The van der Waals surface area contributed by atoms with Gasteiger partial charge in [-0.3, -0.25) is 0 Å². The Labute approximate surface area is 209 Å². The summed E-state index contributed by atoms with van der Waals surface area (Å²) in [7, 11) is 3.81. The molecule has 36 heavy (non-hydrogen) atoms. The molecule has 0 amide bonds.